The molecule has 1 unspecified atom stereocenters. The Balaban J connectivity index is 1.87. The third-order valence-corrected chi connectivity index (χ3v) is 4.85. The van der Waals surface area contributed by atoms with Gasteiger partial charge in [0.1, 0.15) is 6.04 Å². The quantitative estimate of drug-likeness (QED) is 0.719. The Bertz CT molecular complexity index is 892. The molecule has 0 saturated carbocycles. The van der Waals surface area contributed by atoms with Gasteiger partial charge < -0.3 is 9.88 Å². The van der Waals surface area contributed by atoms with E-state index in [0.717, 1.165) is 23.2 Å². The normalized spacial score (nSPS) is 12.3. The number of aryl methyl sites for hydroxylation is 2. The summed E-state index contributed by atoms with van der Waals surface area (Å²) in [5, 5.41) is 4.25. The predicted octanol–water partition coefficient (Wildman–Crippen LogP) is 5.02. The molecule has 0 saturated heterocycles. The van der Waals surface area contributed by atoms with Gasteiger partial charge in [-0.05, 0) is 73.5 Å². The smallest absolute Gasteiger partial charge is 0.247 e. The third kappa shape index (κ3) is 2.94. The Morgan fingerprint density at radius 1 is 1.17 bits per heavy atom. The van der Waals surface area contributed by atoms with Crippen LogP contribution in [0.15, 0.2) is 48.7 Å². The van der Waals surface area contributed by atoms with Crippen LogP contribution in [0.2, 0.25) is 0 Å². The lowest BCUT2D eigenvalue weighted by Gasteiger charge is -2.17. The van der Waals surface area contributed by atoms with E-state index in [1.807, 2.05) is 36.7 Å². The Hall–Kier alpha value is -2.55. The molecular weight excluding hydrogens is 296 g/mol. The van der Waals surface area contributed by atoms with Crippen molar-refractivity contribution in [1.82, 2.24) is 4.57 Å². The average molecular weight is 320 g/mol. The van der Waals surface area contributed by atoms with Crippen LogP contribution in [0.25, 0.3) is 10.9 Å². The van der Waals surface area contributed by atoms with Gasteiger partial charge in [0.05, 0.1) is 0 Å². The summed E-state index contributed by atoms with van der Waals surface area (Å²) in [5.41, 5.74) is 5.59. The highest BCUT2D eigenvalue weighted by atomic mass is 16.2. The van der Waals surface area contributed by atoms with Gasteiger partial charge in [-0.25, -0.2) is 0 Å². The number of rotatable bonds is 4. The largest absolute Gasteiger partial charge is 0.335 e. The van der Waals surface area contributed by atoms with Crippen molar-refractivity contribution < 1.29 is 4.79 Å². The van der Waals surface area contributed by atoms with Crippen LogP contribution >= 0.6 is 0 Å². The summed E-state index contributed by atoms with van der Waals surface area (Å²) < 4.78 is 2.04. The molecule has 0 aliphatic heterocycles. The fourth-order valence-electron chi connectivity index (χ4n) is 3.02. The summed E-state index contributed by atoms with van der Waals surface area (Å²) in [7, 11) is 0. The first-order valence-electron chi connectivity index (χ1n) is 8.47. The lowest BCUT2D eigenvalue weighted by molar-refractivity contribution is -0.118. The lowest BCUT2D eigenvalue weighted by Crippen LogP contribution is -2.23. The first-order valence-corrected chi connectivity index (χ1v) is 8.47. The van der Waals surface area contributed by atoms with Crippen molar-refractivity contribution in [2.75, 3.05) is 5.32 Å². The second kappa shape index (κ2) is 6.52. The standard InChI is InChI=1S/C21H24N2O/c1-5-17-9-10-20-18(13-17)11-12-23(20)16(4)21(24)22-19-8-6-7-14(2)15(19)3/h6-13,16H,5H2,1-4H3,(H,22,24). The summed E-state index contributed by atoms with van der Waals surface area (Å²) in [4.78, 5) is 12.7. The van der Waals surface area contributed by atoms with E-state index in [4.69, 9.17) is 0 Å². The van der Waals surface area contributed by atoms with Crippen molar-refractivity contribution in [1.29, 1.82) is 0 Å². The minimum atomic E-state index is -0.269. The van der Waals surface area contributed by atoms with Gasteiger partial charge in [-0.3, -0.25) is 4.79 Å². The van der Waals surface area contributed by atoms with E-state index in [-0.39, 0.29) is 11.9 Å². The maximum Gasteiger partial charge on any atom is 0.247 e. The summed E-state index contributed by atoms with van der Waals surface area (Å²) in [6, 6.07) is 14.2. The van der Waals surface area contributed by atoms with Gasteiger partial charge in [0.15, 0.2) is 0 Å². The number of anilines is 1. The summed E-state index contributed by atoms with van der Waals surface area (Å²) in [6.45, 7) is 8.18. The van der Waals surface area contributed by atoms with Gasteiger partial charge in [-0.2, -0.15) is 0 Å². The molecule has 3 nitrogen and oxygen atoms in total. The van der Waals surface area contributed by atoms with Crippen LogP contribution in [0.1, 0.15) is 36.6 Å². The Kier molecular flexibility index (Phi) is 4.43. The second-order valence-corrected chi connectivity index (χ2v) is 6.38. The first kappa shape index (κ1) is 16.3. The van der Waals surface area contributed by atoms with Crippen LogP contribution in [0, 0.1) is 13.8 Å². The van der Waals surface area contributed by atoms with Crippen LogP contribution in [-0.2, 0) is 11.2 Å². The molecule has 1 heterocycles. The monoisotopic (exact) mass is 320 g/mol. The molecule has 0 aliphatic rings. The van der Waals surface area contributed by atoms with E-state index in [1.165, 1.54) is 16.5 Å². The van der Waals surface area contributed by atoms with Crippen molar-refractivity contribution in [3.05, 3.63) is 65.4 Å². The zero-order valence-electron chi connectivity index (χ0n) is 14.8. The molecule has 3 heteroatoms. The number of hydrogen-bond donors (Lipinski definition) is 1. The molecule has 24 heavy (non-hydrogen) atoms. The number of carbonyl (C=O) groups is 1. The molecule has 0 aliphatic carbocycles. The molecule has 124 valence electrons. The van der Waals surface area contributed by atoms with Crippen LogP contribution in [0.5, 0.6) is 0 Å². The zero-order valence-corrected chi connectivity index (χ0v) is 14.8. The zero-order chi connectivity index (χ0) is 17.3. The number of benzene rings is 2. The van der Waals surface area contributed by atoms with E-state index in [9.17, 15) is 4.79 Å². The first-order chi connectivity index (χ1) is 11.5. The highest BCUT2D eigenvalue weighted by Gasteiger charge is 2.17. The number of nitrogens with one attached hydrogen (secondary N) is 1. The number of nitrogens with zero attached hydrogens (tertiary/aromatic N) is 1. The van der Waals surface area contributed by atoms with Gasteiger partial charge in [-0.15, -0.1) is 0 Å². The number of hydrogen-bond acceptors (Lipinski definition) is 1. The summed E-state index contributed by atoms with van der Waals surface area (Å²) in [5.74, 6) is 0.000711. The van der Waals surface area contributed by atoms with Crippen molar-refractivity contribution in [3.63, 3.8) is 0 Å². The molecule has 3 rings (SSSR count). The maximum absolute atomic E-state index is 12.7. The summed E-state index contributed by atoms with van der Waals surface area (Å²) >= 11 is 0. The number of fused-ring (bicyclic) bond motifs is 1. The van der Waals surface area contributed by atoms with Crippen LogP contribution in [0.4, 0.5) is 5.69 Å². The topological polar surface area (TPSA) is 34.0 Å². The SMILES string of the molecule is CCc1ccc2c(ccn2C(C)C(=O)Nc2cccc(C)c2C)c1. The molecule has 0 fully saturated rings. The van der Waals surface area contributed by atoms with Gasteiger partial charge in [-0.1, -0.05) is 25.1 Å². The van der Waals surface area contributed by atoms with E-state index < -0.39 is 0 Å². The Morgan fingerprint density at radius 3 is 2.71 bits per heavy atom. The minimum Gasteiger partial charge on any atom is -0.335 e. The maximum atomic E-state index is 12.7. The van der Waals surface area contributed by atoms with E-state index in [1.54, 1.807) is 0 Å². The molecular formula is C21H24N2O. The molecule has 1 amide bonds. The molecule has 0 spiro atoms. The highest BCUT2D eigenvalue weighted by molar-refractivity contribution is 5.95. The van der Waals surface area contributed by atoms with Gasteiger partial charge in [0.2, 0.25) is 5.91 Å². The molecule has 3 aromatic rings. The Morgan fingerprint density at radius 2 is 1.96 bits per heavy atom. The van der Waals surface area contributed by atoms with Gasteiger partial charge in [0.25, 0.3) is 0 Å². The molecule has 0 bridgehead atoms. The molecule has 0 radical (unpaired) electrons. The predicted molar refractivity (Wildman–Crippen MR) is 101 cm³/mol. The fourth-order valence-corrected chi connectivity index (χ4v) is 3.02. The van der Waals surface area contributed by atoms with Crippen molar-refractivity contribution >= 4 is 22.5 Å². The molecule has 2 aromatic carbocycles. The molecule has 1 atom stereocenters. The fraction of sp³-hybridized carbons (Fsp3) is 0.286. The van der Waals surface area contributed by atoms with E-state index in [2.05, 4.69) is 49.5 Å². The minimum absolute atomic E-state index is 0.000711. The van der Waals surface area contributed by atoms with Crippen LogP contribution in [-0.4, -0.2) is 10.5 Å². The number of aromatic nitrogens is 1. The third-order valence-electron chi connectivity index (χ3n) is 4.85. The second-order valence-electron chi connectivity index (χ2n) is 6.38. The van der Waals surface area contributed by atoms with Crippen molar-refractivity contribution in [2.45, 2.75) is 40.2 Å². The molecule has 1 aromatic heterocycles. The lowest BCUT2D eigenvalue weighted by atomic mass is 10.1. The van der Waals surface area contributed by atoms with E-state index >= 15 is 0 Å². The number of amides is 1. The van der Waals surface area contributed by atoms with Gasteiger partial charge >= 0.3 is 0 Å². The van der Waals surface area contributed by atoms with Crippen LogP contribution < -0.4 is 5.32 Å². The summed E-state index contributed by atoms with van der Waals surface area (Å²) in [6.07, 6.45) is 3.02. The Labute approximate surface area is 143 Å². The number of carbonyl (C=O) groups excluding carboxylic acids is 1. The van der Waals surface area contributed by atoms with Crippen molar-refractivity contribution in [3.8, 4) is 0 Å². The molecule has 1 N–H and O–H groups in total. The average Bonchev–Trinajstić information content (AvgIpc) is 3.01. The van der Waals surface area contributed by atoms with Crippen LogP contribution in [0.3, 0.4) is 0 Å². The van der Waals surface area contributed by atoms with Crippen molar-refractivity contribution in [2.24, 2.45) is 0 Å². The van der Waals surface area contributed by atoms with Gasteiger partial charge in [0, 0.05) is 17.4 Å². The van der Waals surface area contributed by atoms with E-state index in [0.29, 0.717) is 0 Å². The highest BCUT2D eigenvalue weighted by Crippen LogP contribution is 2.24.